The molecule has 0 spiro atoms. The minimum atomic E-state index is -0.446. The third-order valence-corrected chi connectivity index (χ3v) is 4.78. The third-order valence-electron chi connectivity index (χ3n) is 3.98. The number of benzene rings is 2. The molecule has 2 heterocycles. The topological polar surface area (TPSA) is 70.9 Å². The van der Waals surface area contributed by atoms with Crippen molar-refractivity contribution in [3.8, 4) is 11.3 Å². The number of thiazole rings is 1. The van der Waals surface area contributed by atoms with Gasteiger partial charge in [-0.2, -0.15) is 0 Å². The van der Waals surface area contributed by atoms with Crippen LogP contribution in [-0.2, 0) is 6.42 Å². The zero-order valence-electron chi connectivity index (χ0n) is 13.7. The lowest BCUT2D eigenvalue weighted by molar-refractivity contribution is 0.556. The molecule has 0 aliphatic carbocycles. The van der Waals surface area contributed by atoms with Crippen molar-refractivity contribution in [2.45, 2.75) is 13.3 Å². The number of aromatic amines is 1. The van der Waals surface area contributed by atoms with E-state index in [0.717, 1.165) is 34.9 Å². The fourth-order valence-electron chi connectivity index (χ4n) is 2.83. The Morgan fingerprint density at radius 3 is 2.92 bits per heavy atom. The standard InChI is InChI=1S/C19H17N3O2S/c1-12-9-14(17-15(10-12)22-19(23)24-17)16-11-25-18(21-16)20-8-7-13-5-3-2-4-6-13/h2-6,9-11H,7-8H2,1H3,(H,20,21)(H,22,23). The van der Waals surface area contributed by atoms with Crippen LogP contribution in [-0.4, -0.2) is 16.5 Å². The van der Waals surface area contributed by atoms with Crippen LogP contribution in [0.2, 0.25) is 0 Å². The lowest BCUT2D eigenvalue weighted by Crippen LogP contribution is -2.04. The van der Waals surface area contributed by atoms with E-state index in [9.17, 15) is 4.79 Å². The predicted octanol–water partition coefficient (Wildman–Crippen LogP) is 4.21. The van der Waals surface area contributed by atoms with Gasteiger partial charge in [0, 0.05) is 17.5 Å². The van der Waals surface area contributed by atoms with Crippen molar-refractivity contribution in [3.63, 3.8) is 0 Å². The Bertz CT molecular complexity index is 1060. The number of oxazole rings is 1. The van der Waals surface area contributed by atoms with E-state index in [1.54, 1.807) is 11.3 Å². The Balaban J connectivity index is 1.54. The third kappa shape index (κ3) is 3.34. The summed E-state index contributed by atoms with van der Waals surface area (Å²) >= 11 is 1.55. The van der Waals surface area contributed by atoms with Crippen LogP contribution in [0.25, 0.3) is 22.4 Å². The molecule has 0 aliphatic heterocycles. The van der Waals surface area contributed by atoms with Gasteiger partial charge >= 0.3 is 5.76 Å². The number of nitrogens with zero attached hydrogens (tertiary/aromatic N) is 1. The summed E-state index contributed by atoms with van der Waals surface area (Å²) in [6.45, 7) is 2.80. The van der Waals surface area contributed by atoms with Gasteiger partial charge in [0.15, 0.2) is 10.7 Å². The van der Waals surface area contributed by atoms with Gasteiger partial charge in [0.05, 0.1) is 11.2 Å². The Hall–Kier alpha value is -2.86. The van der Waals surface area contributed by atoms with Crippen LogP contribution in [0.1, 0.15) is 11.1 Å². The first kappa shape index (κ1) is 15.7. The number of rotatable bonds is 5. The van der Waals surface area contributed by atoms with Gasteiger partial charge in [-0.1, -0.05) is 30.3 Å². The number of aryl methyl sites for hydroxylation is 1. The van der Waals surface area contributed by atoms with Crippen LogP contribution in [0.15, 0.2) is 57.1 Å². The van der Waals surface area contributed by atoms with Crippen LogP contribution in [0.4, 0.5) is 5.13 Å². The zero-order chi connectivity index (χ0) is 17.2. The Kier molecular flexibility index (Phi) is 4.11. The molecule has 6 heteroatoms. The smallest absolute Gasteiger partial charge is 0.407 e. The first-order valence-corrected chi connectivity index (χ1v) is 8.94. The predicted molar refractivity (Wildman–Crippen MR) is 101 cm³/mol. The van der Waals surface area contributed by atoms with Gasteiger partial charge in [-0.05, 0) is 36.6 Å². The average molecular weight is 351 g/mol. The molecule has 2 aromatic heterocycles. The first-order chi connectivity index (χ1) is 12.2. The SMILES string of the molecule is Cc1cc(-c2csc(NCCc3ccccc3)n2)c2oc(=O)[nH]c2c1. The molecule has 0 radical (unpaired) electrons. The summed E-state index contributed by atoms with van der Waals surface area (Å²) < 4.78 is 5.29. The van der Waals surface area contributed by atoms with Gasteiger partial charge < -0.3 is 9.73 Å². The highest BCUT2D eigenvalue weighted by Gasteiger charge is 2.13. The van der Waals surface area contributed by atoms with E-state index in [1.807, 2.05) is 42.6 Å². The van der Waals surface area contributed by atoms with E-state index in [1.165, 1.54) is 5.56 Å². The van der Waals surface area contributed by atoms with Crippen molar-refractivity contribution in [1.82, 2.24) is 9.97 Å². The van der Waals surface area contributed by atoms with Gasteiger partial charge in [-0.3, -0.25) is 4.98 Å². The fourth-order valence-corrected chi connectivity index (χ4v) is 3.57. The number of aromatic nitrogens is 2. The van der Waals surface area contributed by atoms with Crippen molar-refractivity contribution in [3.05, 3.63) is 69.5 Å². The maximum atomic E-state index is 11.5. The minimum Gasteiger partial charge on any atom is -0.407 e. The van der Waals surface area contributed by atoms with Gasteiger partial charge in [-0.15, -0.1) is 11.3 Å². The summed E-state index contributed by atoms with van der Waals surface area (Å²) in [6.07, 6.45) is 0.942. The molecule has 4 rings (SSSR count). The highest BCUT2D eigenvalue weighted by molar-refractivity contribution is 7.14. The van der Waals surface area contributed by atoms with Gasteiger partial charge in [-0.25, -0.2) is 9.78 Å². The average Bonchev–Trinajstić information content (AvgIpc) is 3.21. The number of hydrogen-bond donors (Lipinski definition) is 2. The molecule has 2 N–H and O–H groups in total. The molecule has 0 atom stereocenters. The van der Waals surface area contributed by atoms with E-state index < -0.39 is 5.76 Å². The second-order valence-corrected chi connectivity index (χ2v) is 6.76. The first-order valence-electron chi connectivity index (χ1n) is 8.06. The molecule has 0 unspecified atom stereocenters. The lowest BCUT2D eigenvalue weighted by Gasteiger charge is -2.03. The molecule has 0 saturated heterocycles. The van der Waals surface area contributed by atoms with Crippen LogP contribution >= 0.6 is 11.3 Å². The molecule has 0 aliphatic rings. The molecular weight excluding hydrogens is 334 g/mol. The molecule has 0 saturated carbocycles. The van der Waals surface area contributed by atoms with E-state index >= 15 is 0 Å². The van der Waals surface area contributed by atoms with E-state index in [0.29, 0.717) is 11.1 Å². The minimum absolute atomic E-state index is 0.446. The van der Waals surface area contributed by atoms with Gasteiger partial charge in [0.1, 0.15) is 0 Å². The number of fused-ring (bicyclic) bond motifs is 1. The molecule has 25 heavy (non-hydrogen) atoms. The number of nitrogens with one attached hydrogen (secondary N) is 2. The molecule has 5 nitrogen and oxygen atoms in total. The van der Waals surface area contributed by atoms with Crippen LogP contribution in [0.3, 0.4) is 0 Å². The van der Waals surface area contributed by atoms with E-state index in [2.05, 4.69) is 27.4 Å². The molecular formula is C19H17N3O2S. The van der Waals surface area contributed by atoms with Crippen molar-refractivity contribution < 1.29 is 4.42 Å². The Morgan fingerprint density at radius 2 is 2.08 bits per heavy atom. The maximum absolute atomic E-state index is 11.5. The molecule has 126 valence electrons. The van der Waals surface area contributed by atoms with Gasteiger partial charge in [0.2, 0.25) is 0 Å². The summed E-state index contributed by atoms with van der Waals surface area (Å²) in [5.74, 6) is -0.446. The van der Waals surface area contributed by atoms with Crippen LogP contribution in [0.5, 0.6) is 0 Å². The van der Waals surface area contributed by atoms with Crippen LogP contribution < -0.4 is 11.1 Å². The zero-order valence-corrected chi connectivity index (χ0v) is 14.5. The van der Waals surface area contributed by atoms with Crippen molar-refractivity contribution in [2.24, 2.45) is 0 Å². The highest BCUT2D eigenvalue weighted by atomic mass is 32.1. The highest BCUT2D eigenvalue weighted by Crippen LogP contribution is 2.31. The monoisotopic (exact) mass is 351 g/mol. The summed E-state index contributed by atoms with van der Waals surface area (Å²) in [5, 5.41) is 6.20. The quantitative estimate of drug-likeness (QED) is 0.565. The van der Waals surface area contributed by atoms with Crippen molar-refractivity contribution >= 4 is 27.6 Å². The number of hydrogen-bond acceptors (Lipinski definition) is 5. The van der Waals surface area contributed by atoms with Crippen molar-refractivity contribution in [1.29, 1.82) is 0 Å². The summed E-state index contributed by atoms with van der Waals surface area (Å²) in [5.41, 5.74) is 5.24. The van der Waals surface area contributed by atoms with E-state index in [4.69, 9.17) is 4.42 Å². The Labute approximate surface area is 148 Å². The fraction of sp³-hybridized carbons (Fsp3) is 0.158. The van der Waals surface area contributed by atoms with E-state index in [-0.39, 0.29) is 0 Å². The number of anilines is 1. The largest absolute Gasteiger partial charge is 0.417 e. The lowest BCUT2D eigenvalue weighted by atomic mass is 10.1. The molecule has 0 amide bonds. The second kappa shape index (κ2) is 6.57. The van der Waals surface area contributed by atoms with Gasteiger partial charge in [0.25, 0.3) is 0 Å². The molecule has 0 fully saturated rings. The molecule has 4 aromatic rings. The number of H-pyrrole nitrogens is 1. The Morgan fingerprint density at radius 1 is 1.24 bits per heavy atom. The second-order valence-electron chi connectivity index (χ2n) is 5.90. The summed E-state index contributed by atoms with van der Waals surface area (Å²) in [4.78, 5) is 18.9. The molecule has 2 aromatic carbocycles. The van der Waals surface area contributed by atoms with Crippen molar-refractivity contribution in [2.75, 3.05) is 11.9 Å². The molecule has 0 bridgehead atoms. The van der Waals surface area contributed by atoms with Crippen LogP contribution in [0, 0.1) is 6.92 Å². The summed E-state index contributed by atoms with van der Waals surface area (Å²) in [6, 6.07) is 14.2. The summed E-state index contributed by atoms with van der Waals surface area (Å²) in [7, 11) is 0. The normalized spacial score (nSPS) is 11.1. The maximum Gasteiger partial charge on any atom is 0.417 e.